The minimum atomic E-state index is -0.581. The van der Waals surface area contributed by atoms with Gasteiger partial charge in [0.1, 0.15) is 45.3 Å². The van der Waals surface area contributed by atoms with Crippen LogP contribution in [-0.2, 0) is 11.2 Å². The maximum absolute atomic E-state index is 11.9. The minimum absolute atomic E-state index is 0.0729. The number of aromatic hydroxyl groups is 4. The zero-order valence-corrected chi connectivity index (χ0v) is 19.2. The summed E-state index contributed by atoms with van der Waals surface area (Å²) in [5, 5.41) is 38.7. The van der Waals surface area contributed by atoms with Crippen molar-refractivity contribution in [2.75, 3.05) is 6.61 Å². The van der Waals surface area contributed by atoms with Gasteiger partial charge in [0.25, 0.3) is 0 Å². The molecule has 3 aromatic rings. The van der Waals surface area contributed by atoms with Crippen molar-refractivity contribution in [1.82, 2.24) is 0 Å². The van der Waals surface area contributed by atoms with E-state index in [1.54, 1.807) is 20.8 Å². The Morgan fingerprint density at radius 2 is 1.70 bits per heavy atom. The van der Waals surface area contributed by atoms with Gasteiger partial charge in [0.05, 0.1) is 6.61 Å². The smallest absolute Gasteiger partial charge is 0.342 e. The highest BCUT2D eigenvalue weighted by Crippen LogP contribution is 2.35. The number of aryl methyl sites for hydroxylation is 2. The highest BCUT2D eigenvalue weighted by Gasteiger charge is 2.17. The molecule has 2 aromatic carbocycles. The van der Waals surface area contributed by atoms with Crippen LogP contribution in [0.15, 0.2) is 45.1 Å². The van der Waals surface area contributed by atoms with Crippen LogP contribution >= 0.6 is 0 Å². The predicted octanol–water partition coefficient (Wildman–Crippen LogP) is 4.60. The van der Waals surface area contributed by atoms with Crippen molar-refractivity contribution in [3.05, 3.63) is 68.6 Å². The number of fused-ring (bicyclic) bond motifs is 1. The molecule has 0 bridgehead atoms. The molecule has 0 spiro atoms. The molecule has 0 fully saturated rings. The van der Waals surface area contributed by atoms with Crippen molar-refractivity contribution >= 4 is 16.9 Å². The Kier molecular flexibility index (Phi) is 8.12. The SMILES string of the molecule is CC(C)=CCc1c(O)cc2oc(C)cc(=O)c2c1O.CCOC(=O)c1c(C)cc(O)cc1O. The van der Waals surface area contributed by atoms with Crippen LogP contribution < -0.4 is 5.43 Å². The molecule has 0 radical (unpaired) electrons. The zero-order chi connectivity index (χ0) is 24.9. The number of rotatable bonds is 4. The average molecular weight is 456 g/mol. The molecule has 3 rings (SSSR count). The third-order valence-corrected chi connectivity index (χ3v) is 4.69. The number of carbonyl (C=O) groups excluding carboxylic acids is 1. The van der Waals surface area contributed by atoms with Gasteiger partial charge in [0.15, 0.2) is 5.43 Å². The van der Waals surface area contributed by atoms with Gasteiger partial charge < -0.3 is 29.6 Å². The summed E-state index contributed by atoms with van der Waals surface area (Å²) in [6.45, 7) is 9.04. The first-order chi connectivity index (χ1) is 15.5. The highest BCUT2D eigenvalue weighted by molar-refractivity contribution is 5.94. The number of allylic oxidation sites excluding steroid dienone is 2. The van der Waals surface area contributed by atoms with E-state index in [9.17, 15) is 24.9 Å². The van der Waals surface area contributed by atoms with Crippen LogP contribution in [-0.4, -0.2) is 33.0 Å². The van der Waals surface area contributed by atoms with Gasteiger partial charge in [-0.05, 0) is 52.7 Å². The number of benzene rings is 2. The third kappa shape index (κ3) is 6.06. The van der Waals surface area contributed by atoms with Crippen molar-refractivity contribution in [3.63, 3.8) is 0 Å². The summed E-state index contributed by atoms with van der Waals surface area (Å²) in [6.07, 6.45) is 2.24. The summed E-state index contributed by atoms with van der Waals surface area (Å²) in [7, 11) is 0. The van der Waals surface area contributed by atoms with Crippen LogP contribution in [0.2, 0.25) is 0 Å². The van der Waals surface area contributed by atoms with Gasteiger partial charge >= 0.3 is 5.97 Å². The molecule has 0 saturated carbocycles. The Hall–Kier alpha value is -3.94. The van der Waals surface area contributed by atoms with Crippen molar-refractivity contribution in [3.8, 4) is 23.0 Å². The molecule has 0 aliphatic carbocycles. The first-order valence-corrected chi connectivity index (χ1v) is 10.3. The van der Waals surface area contributed by atoms with Crippen molar-refractivity contribution in [2.24, 2.45) is 0 Å². The molecule has 1 heterocycles. The van der Waals surface area contributed by atoms with Gasteiger partial charge in [-0.1, -0.05) is 11.6 Å². The number of phenols is 4. The zero-order valence-electron chi connectivity index (χ0n) is 19.2. The van der Waals surface area contributed by atoms with Gasteiger partial charge in [-0.15, -0.1) is 0 Å². The summed E-state index contributed by atoms with van der Waals surface area (Å²) in [5.41, 5.74) is 1.88. The Morgan fingerprint density at radius 1 is 1.03 bits per heavy atom. The van der Waals surface area contributed by atoms with Crippen LogP contribution in [0.25, 0.3) is 11.0 Å². The fraction of sp³-hybridized carbons (Fsp3) is 0.280. The molecule has 1 aromatic heterocycles. The Morgan fingerprint density at radius 3 is 2.27 bits per heavy atom. The van der Waals surface area contributed by atoms with Crippen molar-refractivity contribution < 1.29 is 34.4 Å². The molecule has 33 heavy (non-hydrogen) atoms. The number of phenolic OH excluding ortho intramolecular Hbond substituents is 4. The number of hydrogen-bond acceptors (Lipinski definition) is 8. The van der Waals surface area contributed by atoms with Crippen LogP contribution in [0.1, 0.15) is 48.0 Å². The standard InChI is InChI=1S/C15H16O4.C10H12O4/c1-8(2)4-5-10-11(16)7-13-14(15(10)18)12(17)6-9(3)19-13;1-3-14-10(13)9-6(2)4-7(11)5-8(9)12/h4,6-7,16,18H,5H2,1-3H3;4-5,11-12H,3H2,1-2H3. The largest absolute Gasteiger partial charge is 0.508 e. The number of esters is 1. The van der Waals surface area contributed by atoms with Crippen molar-refractivity contribution in [1.29, 1.82) is 0 Å². The minimum Gasteiger partial charge on any atom is -0.508 e. The van der Waals surface area contributed by atoms with E-state index in [-0.39, 0.29) is 51.6 Å². The summed E-state index contributed by atoms with van der Waals surface area (Å²) < 4.78 is 10.1. The van der Waals surface area contributed by atoms with Gasteiger partial charge in [-0.3, -0.25) is 4.79 Å². The Labute approximate surface area is 191 Å². The van der Waals surface area contributed by atoms with E-state index in [0.717, 1.165) is 11.6 Å². The number of ether oxygens (including phenoxy) is 1. The predicted molar refractivity (Wildman–Crippen MR) is 124 cm³/mol. The lowest BCUT2D eigenvalue weighted by molar-refractivity contribution is 0.0522. The lowest BCUT2D eigenvalue weighted by atomic mass is 10.0. The lowest BCUT2D eigenvalue weighted by Crippen LogP contribution is -2.06. The molecular weight excluding hydrogens is 428 g/mol. The van der Waals surface area contributed by atoms with E-state index in [4.69, 9.17) is 14.3 Å². The van der Waals surface area contributed by atoms with Crippen LogP contribution in [0.4, 0.5) is 0 Å². The molecular formula is C25H28O8. The van der Waals surface area contributed by atoms with E-state index in [0.29, 0.717) is 23.3 Å². The molecule has 0 unspecified atom stereocenters. The van der Waals surface area contributed by atoms with Gasteiger partial charge in [-0.2, -0.15) is 0 Å². The number of carbonyl (C=O) groups is 1. The first-order valence-electron chi connectivity index (χ1n) is 10.3. The van der Waals surface area contributed by atoms with Gasteiger partial charge in [0.2, 0.25) is 0 Å². The fourth-order valence-electron chi connectivity index (χ4n) is 3.18. The Bertz CT molecular complexity index is 1240. The van der Waals surface area contributed by atoms with Crippen molar-refractivity contribution in [2.45, 2.75) is 41.0 Å². The second-order valence-electron chi connectivity index (χ2n) is 7.68. The Balaban J connectivity index is 0.000000245. The van der Waals surface area contributed by atoms with Gasteiger partial charge in [-0.25, -0.2) is 4.79 Å². The molecule has 0 atom stereocenters. The molecule has 0 saturated heterocycles. The average Bonchev–Trinajstić information content (AvgIpc) is 2.66. The van der Waals surface area contributed by atoms with Crippen LogP contribution in [0, 0.1) is 13.8 Å². The summed E-state index contributed by atoms with van der Waals surface area (Å²) in [4.78, 5) is 23.2. The normalized spacial score (nSPS) is 10.3. The first kappa shape index (κ1) is 25.3. The monoisotopic (exact) mass is 456 g/mol. The molecule has 176 valence electrons. The molecule has 4 N–H and O–H groups in total. The third-order valence-electron chi connectivity index (χ3n) is 4.69. The van der Waals surface area contributed by atoms with Crippen LogP contribution in [0.3, 0.4) is 0 Å². The maximum atomic E-state index is 11.9. The van der Waals surface area contributed by atoms with E-state index in [1.165, 1.54) is 18.2 Å². The summed E-state index contributed by atoms with van der Waals surface area (Å²) >= 11 is 0. The second kappa shape index (κ2) is 10.6. The quantitative estimate of drug-likeness (QED) is 0.330. The fourth-order valence-corrected chi connectivity index (χ4v) is 3.18. The van der Waals surface area contributed by atoms with E-state index in [1.807, 2.05) is 19.9 Å². The van der Waals surface area contributed by atoms with E-state index >= 15 is 0 Å². The van der Waals surface area contributed by atoms with E-state index in [2.05, 4.69) is 0 Å². The maximum Gasteiger partial charge on any atom is 0.342 e. The summed E-state index contributed by atoms with van der Waals surface area (Å²) in [5.74, 6) is -0.762. The second-order valence-corrected chi connectivity index (χ2v) is 7.68. The van der Waals surface area contributed by atoms with Gasteiger partial charge in [0, 0.05) is 23.8 Å². The number of hydrogen-bond donors (Lipinski definition) is 4. The molecule has 0 aliphatic heterocycles. The highest BCUT2D eigenvalue weighted by atomic mass is 16.5. The lowest BCUT2D eigenvalue weighted by Gasteiger charge is -2.08. The topological polar surface area (TPSA) is 137 Å². The van der Waals surface area contributed by atoms with E-state index < -0.39 is 5.97 Å². The van der Waals surface area contributed by atoms with Crippen LogP contribution in [0.5, 0.6) is 23.0 Å². The molecule has 0 aliphatic rings. The molecule has 0 amide bonds. The molecule has 8 nitrogen and oxygen atoms in total. The summed E-state index contributed by atoms with van der Waals surface area (Å²) in [6, 6.07) is 5.20. The molecule has 8 heteroatoms.